The van der Waals surface area contributed by atoms with E-state index in [0.717, 1.165) is 38.3 Å². The number of hydrogen-bond acceptors (Lipinski definition) is 8. The van der Waals surface area contributed by atoms with Crippen molar-refractivity contribution in [2.45, 2.75) is 25.0 Å². The highest BCUT2D eigenvalue weighted by Crippen LogP contribution is 2.24. The van der Waals surface area contributed by atoms with Crippen molar-refractivity contribution >= 4 is 39.0 Å². The van der Waals surface area contributed by atoms with E-state index in [9.17, 15) is 31.4 Å². The van der Waals surface area contributed by atoms with E-state index in [2.05, 4.69) is 36.2 Å². The predicted octanol–water partition coefficient (Wildman–Crippen LogP) is 5.19. The third-order valence-corrected chi connectivity index (χ3v) is 5.64. The molecule has 244 valence electrons. The van der Waals surface area contributed by atoms with E-state index in [1.54, 1.807) is 13.3 Å². The molecule has 0 spiro atoms. The molecule has 1 atom stereocenters. The highest BCUT2D eigenvalue weighted by molar-refractivity contribution is 9.10. The number of carboxylic acids is 2. The topological polar surface area (TPSA) is 167 Å². The van der Waals surface area contributed by atoms with Crippen molar-refractivity contribution in [1.29, 1.82) is 0 Å². The Morgan fingerprint density at radius 3 is 2.13 bits per heavy atom. The number of aromatic amines is 1. The molecule has 2 heterocycles. The van der Waals surface area contributed by atoms with Gasteiger partial charge in [0.2, 0.25) is 0 Å². The maximum atomic E-state index is 10.6. The smallest absolute Gasteiger partial charge is 0.490 e. The van der Waals surface area contributed by atoms with Crippen LogP contribution in [-0.2, 0) is 16.1 Å². The number of benzene rings is 2. The lowest BCUT2D eigenvalue weighted by Crippen LogP contribution is -2.31. The van der Waals surface area contributed by atoms with Crippen LogP contribution in [0.15, 0.2) is 65.3 Å². The Morgan fingerprint density at radius 2 is 1.58 bits per heavy atom. The van der Waals surface area contributed by atoms with Crippen molar-refractivity contribution in [1.82, 2.24) is 20.3 Å². The Hall–Kier alpha value is -4.42. The van der Waals surface area contributed by atoms with Gasteiger partial charge in [-0.2, -0.15) is 26.3 Å². The molecule has 0 aliphatic rings. The number of methoxy groups -OCH3 is 1. The van der Waals surface area contributed by atoms with Crippen LogP contribution in [0.5, 0.6) is 11.5 Å². The fourth-order valence-electron chi connectivity index (χ4n) is 3.13. The average Bonchev–Trinajstić information content (AvgIpc) is 3.39. The fraction of sp³-hybridized carbons (Fsp3) is 0.259. The number of halogens is 7. The van der Waals surface area contributed by atoms with Gasteiger partial charge in [-0.3, -0.25) is 0 Å². The van der Waals surface area contributed by atoms with E-state index in [1.165, 1.54) is 0 Å². The van der Waals surface area contributed by atoms with Crippen LogP contribution in [-0.4, -0.2) is 80.9 Å². The SMILES string of the molecule is COc1cccc(CNCC(O)COc2ccc(-c3nc4cc(Br)cnc4[nH]3)cc2)c1.O=C(O)C(F)(F)F.O=C(O)C(F)(F)F. The first-order chi connectivity index (χ1) is 21.0. The molecule has 0 amide bonds. The van der Waals surface area contributed by atoms with Crippen molar-refractivity contribution in [3.05, 3.63) is 70.8 Å². The number of alkyl halides is 6. The Bertz CT molecular complexity index is 1530. The summed E-state index contributed by atoms with van der Waals surface area (Å²) >= 11 is 3.41. The summed E-state index contributed by atoms with van der Waals surface area (Å²) in [6.07, 6.45) is -9.05. The zero-order chi connectivity index (χ0) is 33.8. The van der Waals surface area contributed by atoms with Crippen LogP contribution in [0.2, 0.25) is 0 Å². The van der Waals surface area contributed by atoms with E-state index < -0.39 is 30.4 Å². The van der Waals surface area contributed by atoms with E-state index in [-0.39, 0.29) is 6.61 Å². The Kier molecular flexibility index (Phi) is 13.6. The van der Waals surface area contributed by atoms with Gasteiger partial charge in [0.15, 0.2) is 5.65 Å². The standard InChI is InChI=1S/C23H23BrN4O3.2C2HF3O2/c1-30-20-4-2-3-15(9-20)11-25-13-18(29)14-31-19-7-5-16(6-8-19)22-27-21-10-17(24)12-26-23(21)28-22;2*3-2(4,5)1(6)7/h2-10,12,18,25,29H,11,13-14H2,1H3,(H,26,27,28);2*(H,6,7). The summed E-state index contributed by atoms with van der Waals surface area (Å²) in [6, 6.07) is 17.3. The second kappa shape index (κ2) is 16.6. The van der Waals surface area contributed by atoms with Crippen LogP contribution in [0.3, 0.4) is 0 Å². The number of nitrogens with zero attached hydrogens (tertiary/aromatic N) is 2. The minimum atomic E-state index is -5.08. The number of aromatic nitrogens is 3. The molecule has 4 rings (SSSR count). The molecule has 11 nitrogen and oxygen atoms in total. The van der Waals surface area contributed by atoms with Gasteiger partial charge in [-0.1, -0.05) is 12.1 Å². The van der Waals surface area contributed by atoms with Crippen LogP contribution in [0, 0.1) is 0 Å². The summed E-state index contributed by atoms with van der Waals surface area (Å²) in [4.78, 5) is 29.9. The molecule has 4 aromatic rings. The average molecular weight is 711 g/mol. The number of aliphatic carboxylic acids is 2. The normalized spacial score (nSPS) is 11.8. The lowest BCUT2D eigenvalue weighted by Gasteiger charge is -2.14. The number of pyridine rings is 1. The maximum absolute atomic E-state index is 10.6. The number of rotatable bonds is 9. The number of aliphatic hydroxyl groups is 1. The molecule has 1 unspecified atom stereocenters. The summed E-state index contributed by atoms with van der Waals surface area (Å²) in [6.45, 7) is 1.27. The number of imidazole rings is 1. The molecule has 2 aromatic heterocycles. The monoisotopic (exact) mass is 710 g/mol. The number of H-pyrrole nitrogens is 1. The molecule has 0 saturated carbocycles. The summed E-state index contributed by atoms with van der Waals surface area (Å²) in [5.41, 5.74) is 3.57. The van der Waals surface area contributed by atoms with Gasteiger partial charge >= 0.3 is 24.3 Å². The largest absolute Gasteiger partial charge is 0.497 e. The molecular weight excluding hydrogens is 686 g/mol. The highest BCUT2D eigenvalue weighted by atomic mass is 79.9. The Balaban J connectivity index is 0.000000421. The summed E-state index contributed by atoms with van der Waals surface area (Å²) < 4.78 is 75.3. The van der Waals surface area contributed by atoms with E-state index in [0.29, 0.717) is 18.8 Å². The molecule has 0 radical (unpaired) electrons. The predicted molar refractivity (Wildman–Crippen MR) is 151 cm³/mol. The third-order valence-electron chi connectivity index (χ3n) is 5.20. The number of aliphatic hydroxyl groups excluding tert-OH is 1. The molecule has 0 fully saturated rings. The van der Waals surface area contributed by atoms with Crippen LogP contribution >= 0.6 is 15.9 Å². The molecule has 0 bridgehead atoms. The summed E-state index contributed by atoms with van der Waals surface area (Å²) in [5.74, 6) is -3.26. The zero-order valence-electron chi connectivity index (χ0n) is 23.0. The van der Waals surface area contributed by atoms with Crippen LogP contribution in [0.25, 0.3) is 22.6 Å². The van der Waals surface area contributed by atoms with Gasteiger partial charge in [0, 0.05) is 29.3 Å². The van der Waals surface area contributed by atoms with Gasteiger partial charge in [-0.05, 0) is 64.0 Å². The zero-order valence-corrected chi connectivity index (χ0v) is 24.6. The number of hydrogen-bond donors (Lipinski definition) is 5. The Labute approximate surface area is 259 Å². The minimum absolute atomic E-state index is 0.201. The number of ether oxygens (including phenoxy) is 2. The first-order valence-corrected chi connectivity index (χ1v) is 13.1. The van der Waals surface area contributed by atoms with E-state index in [4.69, 9.17) is 29.3 Å². The first-order valence-electron chi connectivity index (χ1n) is 12.4. The van der Waals surface area contributed by atoms with Gasteiger partial charge in [-0.25, -0.2) is 19.6 Å². The van der Waals surface area contributed by atoms with Crippen molar-refractivity contribution in [3.63, 3.8) is 0 Å². The van der Waals surface area contributed by atoms with E-state index in [1.807, 2.05) is 54.6 Å². The molecule has 45 heavy (non-hydrogen) atoms. The number of nitrogens with one attached hydrogen (secondary N) is 2. The first kappa shape index (κ1) is 36.8. The van der Waals surface area contributed by atoms with Gasteiger partial charge in [0.1, 0.15) is 35.6 Å². The molecule has 0 saturated heterocycles. The second-order valence-corrected chi connectivity index (χ2v) is 9.60. The van der Waals surface area contributed by atoms with Crippen LogP contribution < -0.4 is 14.8 Å². The van der Waals surface area contributed by atoms with Gasteiger partial charge in [0.25, 0.3) is 0 Å². The van der Waals surface area contributed by atoms with Gasteiger partial charge < -0.3 is 35.1 Å². The quantitative estimate of drug-likeness (QED) is 0.146. The molecule has 0 aliphatic carbocycles. The molecule has 2 aromatic carbocycles. The lowest BCUT2D eigenvalue weighted by atomic mass is 10.2. The van der Waals surface area contributed by atoms with Crippen molar-refractivity contribution in [3.8, 4) is 22.9 Å². The third kappa shape index (κ3) is 13.0. The Morgan fingerprint density at radius 1 is 0.978 bits per heavy atom. The maximum Gasteiger partial charge on any atom is 0.490 e. The van der Waals surface area contributed by atoms with Crippen LogP contribution in [0.4, 0.5) is 26.3 Å². The fourth-order valence-corrected chi connectivity index (χ4v) is 3.45. The second-order valence-electron chi connectivity index (χ2n) is 8.68. The van der Waals surface area contributed by atoms with Gasteiger partial charge in [-0.15, -0.1) is 0 Å². The summed E-state index contributed by atoms with van der Waals surface area (Å²) in [5, 5.41) is 27.7. The molecule has 5 N–H and O–H groups in total. The summed E-state index contributed by atoms with van der Waals surface area (Å²) in [7, 11) is 1.65. The van der Waals surface area contributed by atoms with Crippen LogP contribution in [0.1, 0.15) is 5.56 Å². The molecular formula is C27H25BrF6N4O7. The highest BCUT2D eigenvalue weighted by Gasteiger charge is 2.38. The molecule has 0 aliphatic heterocycles. The van der Waals surface area contributed by atoms with Gasteiger partial charge in [0.05, 0.1) is 7.11 Å². The van der Waals surface area contributed by atoms with Crippen molar-refractivity contribution in [2.75, 3.05) is 20.3 Å². The molecule has 18 heteroatoms. The number of fused-ring (bicyclic) bond motifs is 1. The van der Waals surface area contributed by atoms with Crippen molar-refractivity contribution < 1.29 is 60.7 Å². The van der Waals surface area contributed by atoms with E-state index >= 15 is 0 Å². The minimum Gasteiger partial charge on any atom is -0.497 e. The number of carboxylic acid groups (broad SMARTS) is 2. The lowest BCUT2D eigenvalue weighted by molar-refractivity contribution is -0.193. The van der Waals surface area contributed by atoms with Crippen molar-refractivity contribution in [2.24, 2.45) is 0 Å². The number of carbonyl (C=O) groups is 2.